The van der Waals surface area contributed by atoms with Crippen molar-refractivity contribution < 1.29 is 93.3 Å². The van der Waals surface area contributed by atoms with E-state index in [1.54, 1.807) is 18.7 Å². The molecule has 4 amide bonds. The van der Waals surface area contributed by atoms with Crippen LogP contribution in [0.4, 0.5) is 0 Å². The fourth-order valence-corrected chi connectivity index (χ4v) is 8.94. The molecule has 2 saturated heterocycles. The summed E-state index contributed by atoms with van der Waals surface area (Å²) in [5, 5.41) is 75.4. The summed E-state index contributed by atoms with van der Waals surface area (Å²) in [6.07, 6.45) is -2.30. The van der Waals surface area contributed by atoms with Crippen molar-refractivity contribution in [1.29, 1.82) is 0 Å². The average Bonchev–Trinajstić information content (AvgIpc) is 3.83. The number of hydrogen-bond donors (Lipinski definition) is 12. The summed E-state index contributed by atoms with van der Waals surface area (Å²) in [5.74, 6) is -16.0. The summed E-state index contributed by atoms with van der Waals surface area (Å²) in [7, 11) is 0. The van der Waals surface area contributed by atoms with Crippen LogP contribution >= 0.6 is 0 Å². The fraction of sp³-hybridized carbons (Fsp3) is 0.723. The third-order valence-corrected chi connectivity index (χ3v) is 12.9. The van der Waals surface area contributed by atoms with Crippen LogP contribution in [0.1, 0.15) is 78.1 Å². The van der Waals surface area contributed by atoms with Gasteiger partial charge >= 0.3 is 35.8 Å². The van der Waals surface area contributed by atoms with Gasteiger partial charge in [0.05, 0.1) is 57.1 Å². The summed E-state index contributed by atoms with van der Waals surface area (Å²) in [4.78, 5) is 163. The van der Waals surface area contributed by atoms with E-state index in [9.17, 15) is 93.3 Å². The number of amides is 4. The number of nitrogens with two attached hydrogens (primary N) is 2. The van der Waals surface area contributed by atoms with Crippen molar-refractivity contribution in [2.45, 2.75) is 102 Å². The molecule has 0 aromatic heterocycles. The number of aliphatic hydroxyl groups excluding tert-OH is 1. The highest BCUT2D eigenvalue weighted by atomic mass is 16.4. The molecule has 0 aromatic carbocycles. The maximum absolute atomic E-state index is 13.7. The minimum atomic E-state index is -1.55. The number of carbonyl (C=O) groups excluding carboxylic acids is 6. The van der Waals surface area contributed by atoms with Crippen molar-refractivity contribution in [3.63, 3.8) is 0 Å². The van der Waals surface area contributed by atoms with E-state index in [0.29, 0.717) is 6.42 Å². The Balaban J connectivity index is 2.15. The maximum Gasteiger partial charge on any atom is 0.326 e. The number of carboxylic acid groups (broad SMARTS) is 6. The molecule has 1 unspecified atom stereocenters. The molecule has 14 N–H and O–H groups in total. The highest BCUT2D eigenvalue weighted by molar-refractivity contribution is 5.97. The Morgan fingerprint density at radius 3 is 1.61 bits per heavy atom. The minimum Gasteiger partial charge on any atom is -0.481 e. The average molecular weight is 1100 g/mol. The van der Waals surface area contributed by atoms with Crippen molar-refractivity contribution in [1.82, 2.24) is 40.4 Å². The molecule has 77 heavy (non-hydrogen) atoms. The van der Waals surface area contributed by atoms with Crippen LogP contribution in [-0.2, 0) is 57.5 Å². The number of guanidine groups is 1. The van der Waals surface area contributed by atoms with Gasteiger partial charge in [0.15, 0.2) is 17.5 Å². The van der Waals surface area contributed by atoms with Crippen molar-refractivity contribution in [3.05, 3.63) is 0 Å². The molecule has 30 nitrogen and oxygen atoms in total. The molecule has 2 heterocycles. The van der Waals surface area contributed by atoms with Crippen molar-refractivity contribution in [2.24, 2.45) is 34.2 Å². The SMILES string of the molecule is CC(C)C[C@H](NC(=O)[C@H](CC(=O)O)CC(=O)CNC(=O)[C@@H]1CCCN1C(=O)CCC(C(=O)O)N1CCN(CC(=O)O)CCN(CC(=O)O)CCN(CC(=O)O)CC1)C(=O)C[C@@H](CO)C(=O)N[C@@H](CCCN=C(N)N)C(=O)O. The molecule has 30 heteroatoms. The van der Waals surface area contributed by atoms with Gasteiger partial charge < -0.3 is 68.1 Å². The van der Waals surface area contributed by atoms with Gasteiger partial charge in [0, 0.05) is 84.7 Å². The third-order valence-electron chi connectivity index (χ3n) is 12.9. The molecule has 2 rings (SSSR count). The Morgan fingerprint density at radius 1 is 0.623 bits per heavy atom. The lowest BCUT2D eigenvalue weighted by Gasteiger charge is -2.35. The monoisotopic (exact) mass is 1100 g/mol. The lowest BCUT2D eigenvalue weighted by Crippen LogP contribution is -2.52. The van der Waals surface area contributed by atoms with Crippen LogP contribution in [-0.4, -0.2) is 260 Å². The molecular formula is C47H77N11O19. The first-order valence-corrected chi connectivity index (χ1v) is 25.3. The molecule has 0 aliphatic carbocycles. The van der Waals surface area contributed by atoms with Gasteiger partial charge in [-0.1, -0.05) is 13.8 Å². The molecule has 2 aliphatic heterocycles. The number of rotatable bonds is 33. The van der Waals surface area contributed by atoms with Crippen molar-refractivity contribution >= 4 is 77.0 Å². The normalized spacial score (nSPS) is 18.2. The second-order valence-corrected chi connectivity index (χ2v) is 19.5. The second-order valence-electron chi connectivity index (χ2n) is 19.5. The van der Waals surface area contributed by atoms with Gasteiger partial charge in [-0.3, -0.25) is 77.3 Å². The lowest BCUT2D eigenvalue weighted by molar-refractivity contribution is -0.146. The Hall–Kier alpha value is -6.89. The molecule has 0 aromatic rings. The molecule has 0 bridgehead atoms. The molecule has 6 atom stereocenters. The molecule has 434 valence electrons. The predicted octanol–water partition coefficient (Wildman–Crippen LogP) is -4.43. The lowest BCUT2D eigenvalue weighted by atomic mass is 9.91. The first kappa shape index (κ1) is 66.2. The van der Waals surface area contributed by atoms with Crippen LogP contribution in [0, 0.1) is 17.8 Å². The first-order valence-electron chi connectivity index (χ1n) is 25.3. The summed E-state index contributed by atoms with van der Waals surface area (Å²) < 4.78 is 0. The molecule has 0 radical (unpaired) electrons. The van der Waals surface area contributed by atoms with Crippen molar-refractivity contribution in [3.8, 4) is 0 Å². The standard InChI is InChI=1S/C47H77N11O19/c1-28(2)19-33(36(61)21-30(27-59)43(72)52-32(45(74)75)5-3-9-50-47(48)49)53-42(71)29(22-38(63)64)20-31(60)23-51-44(73)34-6-4-10-58(34)37(62)8-7-35(46(76)77)57-17-15-55(25-40(67)68)13-11-54(24-39(65)66)12-14-56(16-18-57)26-41(69)70/h28-30,32-35,59H,3-27H2,1-2H3,(H,51,73)(H,52,72)(H,53,71)(H,63,64)(H,65,66)(H,67,68)(H,69,70)(H,74,75)(H,76,77)(H4,48,49,50)/t29-,30-,32-,33-,34-,35?/m0/s1. The van der Waals surface area contributed by atoms with Gasteiger partial charge in [-0.25, -0.2) is 4.79 Å². The summed E-state index contributed by atoms with van der Waals surface area (Å²) in [5.41, 5.74) is 10.6. The fourth-order valence-electron chi connectivity index (χ4n) is 8.94. The number of aliphatic carboxylic acids is 6. The number of likely N-dealkylation sites (tertiary alicyclic amines) is 1. The van der Waals surface area contributed by atoms with Crippen molar-refractivity contribution in [2.75, 3.05) is 98.2 Å². The van der Waals surface area contributed by atoms with E-state index >= 15 is 0 Å². The van der Waals surface area contributed by atoms with Crippen LogP contribution in [0.5, 0.6) is 0 Å². The maximum atomic E-state index is 13.7. The quantitative estimate of drug-likeness (QED) is 0.0168. The van der Waals surface area contributed by atoms with E-state index in [4.69, 9.17) is 11.5 Å². The van der Waals surface area contributed by atoms with Crippen LogP contribution < -0.4 is 27.4 Å². The molecule has 0 saturated carbocycles. The van der Waals surface area contributed by atoms with Crippen LogP contribution in [0.15, 0.2) is 4.99 Å². The molecular weight excluding hydrogens is 1020 g/mol. The van der Waals surface area contributed by atoms with E-state index in [2.05, 4.69) is 20.9 Å². The van der Waals surface area contributed by atoms with Gasteiger partial charge in [0.1, 0.15) is 18.1 Å². The first-order chi connectivity index (χ1) is 36.2. The Kier molecular flexibility index (Phi) is 29.2. The minimum absolute atomic E-state index is 0.0128. The summed E-state index contributed by atoms with van der Waals surface area (Å²) in [6, 6.07) is -5.17. The summed E-state index contributed by atoms with van der Waals surface area (Å²) >= 11 is 0. The smallest absolute Gasteiger partial charge is 0.326 e. The topological polar surface area (TPSA) is 463 Å². The number of aliphatic hydroxyl groups is 1. The van der Waals surface area contributed by atoms with Gasteiger partial charge in [-0.05, 0) is 44.4 Å². The zero-order valence-electron chi connectivity index (χ0n) is 43.6. The predicted molar refractivity (Wildman–Crippen MR) is 269 cm³/mol. The number of nitrogens with one attached hydrogen (secondary N) is 3. The largest absolute Gasteiger partial charge is 0.481 e. The number of hydrogen-bond acceptors (Lipinski definition) is 18. The second kappa shape index (κ2) is 34.0. The van der Waals surface area contributed by atoms with Gasteiger partial charge in [-0.15, -0.1) is 0 Å². The number of aliphatic imine (C=N–C) groups is 1. The number of nitrogens with zero attached hydrogens (tertiary/aromatic N) is 6. The number of carbonyl (C=O) groups is 12. The zero-order valence-corrected chi connectivity index (χ0v) is 43.6. The Bertz CT molecular complexity index is 2080. The van der Waals surface area contributed by atoms with Crippen LogP contribution in [0.25, 0.3) is 0 Å². The van der Waals surface area contributed by atoms with Gasteiger partial charge in [-0.2, -0.15) is 0 Å². The number of ketones is 2. The third kappa shape index (κ3) is 25.7. The molecule has 2 fully saturated rings. The Morgan fingerprint density at radius 2 is 1.14 bits per heavy atom. The number of Topliss-reactive ketones (excluding diaryl/α,β-unsaturated/α-hetero) is 2. The van der Waals surface area contributed by atoms with Gasteiger partial charge in [0.2, 0.25) is 23.6 Å². The van der Waals surface area contributed by atoms with E-state index < -0.39 is 153 Å². The van der Waals surface area contributed by atoms with Crippen LogP contribution in [0.3, 0.4) is 0 Å². The van der Waals surface area contributed by atoms with E-state index in [-0.39, 0.29) is 122 Å². The summed E-state index contributed by atoms with van der Waals surface area (Å²) in [6.45, 7) is 1.17. The molecule has 2 aliphatic rings. The van der Waals surface area contributed by atoms with E-state index in [1.807, 2.05) is 0 Å². The highest BCUT2D eigenvalue weighted by Crippen LogP contribution is 2.21. The Labute approximate surface area is 444 Å². The number of carboxylic acids is 6. The highest BCUT2D eigenvalue weighted by Gasteiger charge is 2.37. The van der Waals surface area contributed by atoms with Gasteiger partial charge in [0.25, 0.3) is 0 Å². The molecule has 0 spiro atoms. The van der Waals surface area contributed by atoms with Crippen LogP contribution in [0.2, 0.25) is 0 Å². The van der Waals surface area contributed by atoms with E-state index in [1.165, 1.54) is 19.6 Å². The van der Waals surface area contributed by atoms with E-state index in [0.717, 1.165) is 0 Å². The zero-order chi connectivity index (χ0) is 57.9.